The molecule has 0 aliphatic carbocycles. The summed E-state index contributed by atoms with van der Waals surface area (Å²) in [5, 5.41) is 3.64. The first-order valence-corrected chi connectivity index (χ1v) is 8.26. The first-order valence-electron chi connectivity index (χ1n) is 7.47. The Balaban J connectivity index is 1.82. The summed E-state index contributed by atoms with van der Waals surface area (Å²) in [5.41, 5.74) is 2.68. The summed E-state index contributed by atoms with van der Waals surface area (Å²) in [7, 11) is 0. The summed E-state index contributed by atoms with van der Waals surface area (Å²) in [6.45, 7) is 3.90. The Morgan fingerprint density at radius 2 is 2.10 bits per heavy atom. The minimum absolute atomic E-state index is 0.396. The van der Waals surface area contributed by atoms with E-state index in [4.69, 9.17) is 4.74 Å². The summed E-state index contributed by atoms with van der Waals surface area (Å²) in [6.07, 6.45) is 1.01. The minimum Gasteiger partial charge on any atom is -0.493 e. The molecular weight excluding hydrogens is 326 g/mol. The zero-order valence-corrected chi connectivity index (χ0v) is 13.8. The molecule has 3 heteroatoms. The molecule has 1 aliphatic rings. The molecule has 0 amide bonds. The number of hydrogen-bond donors (Lipinski definition) is 1. The van der Waals surface area contributed by atoms with Crippen LogP contribution in [0.3, 0.4) is 0 Å². The smallest absolute Gasteiger partial charge is 0.122 e. The molecule has 110 valence electrons. The van der Waals surface area contributed by atoms with Crippen LogP contribution in [0.15, 0.2) is 53.0 Å². The number of ether oxygens (including phenoxy) is 1. The third-order valence-electron chi connectivity index (χ3n) is 4.03. The molecule has 1 heterocycles. The van der Waals surface area contributed by atoms with E-state index < -0.39 is 0 Å². The van der Waals surface area contributed by atoms with Gasteiger partial charge in [0.2, 0.25) is 0 Å². The topological polar surface area (TPSA) is 21.3 Å². The lowest BCUT2D eigenvalue weighted by molar-refractivity contribution is 0.298. The van der Waals surface area contributed by atoms with E-state index in [1.54, 1.807) is 0 Å². The van der Waals surface area contributed by atoms with E-state index in [1.165, 1.54) is 11.1 Å². The van der Waals surface area contributed by atoms with Crippen molar-refractivity contribution >= 4 is 15.9 Å². The molecule has 3 rings (SSSR count). The van der Waals surface area contributed by atoms with Gasteiger partial charge in [-0.3, -0.25) is 0 Å². The lowest BCUT2D eigenvalue weighted by Gasteiger charge is -2.24. The second-order valence-electron chi connectivity index (χ2n) is 5.45. The molecule has 0 fully saturated rings. The van der Waals surface area contributed by atoms with Crippen LogP contribution in [0.1, 0.15) is 24.0 Å². The van der Waals surface area contributed by atoms with Gasteiger partial charge in [-0.25, -0.2) is 0 Å². The van der Waals surface area contributed by atoms with Crippen LogP contribution in [-0.4, -0.2) is 19.2 Å². The number of fused-ring (bicyclic) bond motifs is 1. The van der Waals surface area contributed by atoms with Crippen LogP contribution in [0.25, 0.3) is 0 Å². The number of nitrogens with one attached hydrogen (secondary N) is 1. The van der Waals surface area contributed by atoms with E-state index in [0.29, 0.717) is 12.0 Å². The molecule has 2 aromatic rings. The predicted octanol–water partition coefficient (Wildman–Crippen LogP) is 4.15. The standard InChI is InChI=1S/C18H20BrNO/c1-2-20-17(11-13-6-5-7-14(19)10-13)16-12-21-18-9-4-3-8-15(16)18/h3-10,16-17,20H,2,11-12H2,1H3. The molecule has 0 radical (unpaired) electrons. The maximum atomic E-state index is 5.85. The van der Waals surface area contributed by atoms with Crippen LogP contribution >= 0.6 is 15.9 Å². The molecule has 0 bridgehead atoms. The summed E-state index contributed by atoms with van der Waals surface area (Å²) in [4.78, 5) is 0. The molecule has 2 nitrogen and oxygen atoms in total. The van der Waals surface area contributed by atoms with Crippen molar-refractivity contribution < 1.29 is 4.74 Å². The second kappa shape index (κ2) is 6.63. The van der Waals surface area contributed by atoms with Crippen molar-refractivity contribution in [2.75, 3.05) is 13.2 Å². The van der Waals surface area contributed by atoms with E-state index in [-0.39, 0.29) is 0 Å². The Morgan fingerprint density at radius 3 is 2.90 bits per heavy atom. The minimum atomic E-state index is 0.396. The van der Waals surface area contributed by atoms with Gasteiger partial charge >= 0.3 is 0 Å². The lowest BCUT2D eigenvalue weighted by atomic mass is 9.89. The van der Waals surface area contributed by atoms with Crippen LogP contribution in [0, 0.1) is 0 Å². The van der Waals surface area contributed by atoms with E-state index in [9.17, 15) is 0 Å². The zero-order valence-electron chi connectivity index (χ0n) is 12.2. The van der Waals surface area contributed by atoms with Crippen molar-refractivity contribution in [3.63, 3.8) is 0 Å². The molecular formula is C18H20BrNO. The average Bonchev–Trinajstić information content (AvgIpc) is 2.91. The fraction of sp³-hybridized carbons (Fsp3) is 0.333. The SMILES string of the molecule is CCNC(Cc1cccc(Br)c1)C1COc2ccccc21. The third-order valence-corrected chi connectivity index (χ3v) is 4.53. The Hall–Kier alpha value is -1.32. The van der Waals surface area contributed by atoms with Crippen LogP contribution < -0.4 is 10.1 Å². The maximum absolute atomic E-state index is 5.85. The first-order chi connectivity index (χ1) is 10.3. The number of para-hydroxylation sites is 1. The highest BCUT2D eigenvalue weighted by molar-refractivity contribution is 9.10. The van der Waals surface area contributed by atoms with Gasteiger partial charge < -0.3 is 10.1 Å². The Labute approximate surface area is 134 Å². The van der Waals surface area contributed by atoms with Crippen molar-refractivity contribution in [3.8, 4) is 5.75 Å². The number of hydrogen-bond acceptors (Lipinski definition) is 2. The van der Waals surface area contributed by atoms with Gasteiger partial charge in [-0.1, -0.05) is 53.2 Å². The van der Waals surface area contributed by atoms with Crippen LogP contribution in [-0.2, 0) is 6.42 Å². The zero-order chi connectivity index (χ0) is 14.7. The van der Waals surface area contributed by atoms with Gasteiger partial charge in [-0.2, -0.15) is 0 Å². The Kier molecular flexibility index (Phi) is 4.61. The lowest BCUT2D eigenvalue weighted by Crippen LogP contribution is -2.37. The van der Waals surface area contributed by atoms with Crippen molar-refractivity contribution in [2.45, 2.75) is 25.3 Å². The molecule has 0 saturated heterocycles. The fourth-order valence-corrected chi connectivity index (χ4v) is 3.50. The van der Waals surface area contributed by atoms with Crippen molar-refractivity contribution in [1.29, 1.82) is 0 Å². The van der Waals surface area contributed by atoms with Gasteiger partial charge in [0.15, 0.2) is 0 Å². The Morgan fingerprint density at radius 1 is 1.24 bits per heavy atom. The second-order valence-corrected chi connectivity index (χ2v) is 6.37. The number of halogens is 1. The molecule has 1 aliphatic heterocycles. The molecule has 2 unspecified atom stereocenters. The van der Waals surface area contributed by atoms with Gasteiger partial charge in [0.05, 0.1) is 6.61 Å². The van der Waals surface area contributed by atoms with E-state index >= 15 is 0 Å². The van der Waals surface area contributed by atoms with Crippen molar-refractivity contribution in [2.24, 2.45) is 0 Å². The van der Waals surface area contributed by atoms with Gasteiger partial charge in [0.1, 0.15) is 5.75 Å². The van der Waals surface area contributed by atoms with Crippen LogP contribution in [0.5, 0.6) is 5.75 Å². The third kappa shape index (κ3) is 3.30. The summed E-state index contributed by atoms with van der Waals surface area (Å²) in [5.74, 6) is 1.46. The van der Waals surface area contributed by atoms with E-state index in [1.807, 2.05) is 6.07 Å². The molecule has 0 aromatic heterocycles. The van der Waals surface area contributed by atoms with Gasteiger partial charge in [-0.15, -0.1) is 0 Å². The molecule has 2 atom stereocenters. The highest BCUT2D eigenvalue weighted by Gasteiger charge is 2.30. The normalized spacial score (nSPS) is 18.1. The van der Waals surface area contributed by atoms with Crippen molar-refractivity contribution in [1.82, 2.24) is 5.32 Å². The summed E-state index contributed by atoms with van der Waals surface area (Å²) in [6, 6.07) is 17.4. The van der Waals surface area contributed by atoms with Gasteiger partial charge in [-0.05, 0) is 36.7 Å². The number of likely N-dealkylation sites (N-methyl/N-ethyl adjacent to an activating group) is 1. The van der Waals surface area contributed by atoms with Gasteiger partial charge in [0.25, 0.3) is 0 Å². The molecule has 0 saturated carbocycles. The van der Waals surface area contributed by atoms with Gasteiger partial charge in [0, 0.05) is 22.0 Å². The monoisotopic (exact) mass is 345 g/mol. The quantitative estimate of drug-likeness (QED) is 0.878. The molecule has 21 heavy (non-hydrogen) atoms. The average molecular weight is 346 g/mol. The van der Waals surface area contributed by atoms with Crippen molar-refractivity contribution in [3.05, 3.63) is 64.1 Å². The summed E-state index contributed by atoms with van der Waals surface area (Å²) >= 11 is 3.56. The summed E-state index contributed by atoms with van der Waals surface area (Å²) < 4.78 is 6.99. The first kappa shape index (κ1) is 14.6. The highest BCUT2D eigenvalue weighted by atomic mass is 79.9. The highest BCUT2D eigenvalue weighted by Crippen LogP contribution is 2.36. The molecule has 2 aromatic carbocycles. The fourth-order valence-electron chi connectivity index (χ4n) is 3.06. The predicted molar refractivity (Wildman–Crippen MR) is 90.0 cm³/mol. The van der Waals surface area contributed by atoms with Crippen LogP contribution in [0.2, 0.25) is 0 Å². The number of rotatable bonds is 5. The maximum Gasteiger partial charge on any atom is 0.122 e. The Bertz CT molecular complexity index is 614. The largest absolute Gasteiger partial charge is 0.493 e. The van der Waals surface area contributed by atoms with Crippen LogP contribution in [0.4, 0.5) is 0 Å². The number of benzene rings is 2. The molecule has 1 N–H and O–H groups in total. The van der Waals surface area contributed by atoms with E-state index in [0.717, 1.165) is 29.8 Å². The molecule has 0 spiro atoms. The van der Waals surface area contributed by atoms with E-state index in [2.05, 4.69) is 70.6 Å².